The van der Waals surface area contributed by atoms with Crippen molar-refractivity contribution >= 4 is 17.5 Å². The number of rotatable bonds is 5. The monoisotopic (exact) mass is 566 g/mol. The number of carboxylic acid groups (broad SMARTS) is 1. The highest BCUT2D eigenvalue weighted by atomic mass is 19.1. The molecule has 1 amide bonds. The van der Waals surface area contributed by atoms with Crippen molar-refractivity contribution in [2.75, 3.05) is 6.54 Å². The fourth-order valence-corrected chi connectivity index (χ4v) is 5.82. The summed E-state index contributed by atoms with van der Waals surface area (Å²) in [5.74, 6) is -2.59. The van der Waals surface area contributed by atoms with Crippen molar-refractivity contribution in [3.8, 4) is 22.6 Å². The van der Waals surface area contributed by atoms with Crippen LogP contribution in [0, 0.1) is 11.7 Å². The molecule has 0 unspecified atom stereocenters. The largest absolute Gasteiger partial charge is 0.481 e. The highest BCUT2D eigenvalue weighted by Gasteiger charge is 2.44. The number of aliphatic carboxylic acids is 1. The quantitative estimate of drug-likeness (QED) is 0.303. The highest BCUT2D eigenvalue weighted by molar-refractivity contribution is 5.94. The van der Waals surface area contributed by atoms with Crippen LogP contribution in [0.25, 0.3) is 28.3 Å². The third-order valence-corrected chi connectivity index (χ3v) is 8.15. The van der Waals surface area contributed by atoms with E-state index < -0.39 is 29.8 Å². The molecule has 9 nitrogen and oxygen atoms in total. The molecule has 4 atom stereocenters. The molecule has 0 spiro atoms. The van der Waals surface area contributed by atoms with Crippen LogP contribution in [0.2, 0.25) is 0 Å². The van der Waals surface area contributed by atoms with Gasteiger partial charge in [0.2, 0.25) is 0 Å². The molecule has 42 heavy (non-hydrogen) atoms. The second-order valence-electron chi connectivity index (χ2n) is 10.7. The van der Waals surface area contributed by atoms with Crippen molar-refractivity contribution in [3.05, 3.63) is 101 Å². The molecule has 210 valence electrons. The molecule has 0 radical (unpaired) electrons. The number of hydrogen-bond donors (Lipinski definition) is 1. The van der Waals surface area contributed by atoms with E-state index >= 15 is 8.78 Å². The van der Waals surface area contributed by atoms with Crippen LogP contribution >= 0.6 is 0 Å². The van der Waals surface area contributed by atoms with E-state index in [-0.39, 0.29) is 41.1 Å². The fraction of sp³-hybridized carbons (Fsp3) is 0.226. The normalized spacial score (nSPS) is 21.3. The summed E-state index contributed by atoms with van der Waals surface area (Å²) in [6, 6.07) is 14.5. The number of carboxylic acids is 1. The van der Waals surface area contributed by atoms with Crippen LogP contribution in [0.1, 0.15) is 58.7 Å². The van der Waals surface area contributed by atoms with Crippen molar-refractivity contribution in [3.63, 3.8) is 0 Å². The minimum absolute atomic E-state index is 0.0669. The van der Waals surface area contributed by atoms with Gasteiger partial charge in [-0.2, -0.15) is 5.10 Å². The van der Waals surface area contributed by atoms with Gasteiger partial charge in [0.25, 0.3) is 5.91 Å². The number of alkyl halides is 1. The van der Waals surface area contributed by atoms with E-state index in [1.165, 1.54) is 40.1 Å². The zero-order valence-corrected chi connectivity index (χ0v) is 22.4. The number of fused-ring (bicyclic) bond motifs is 2. The van der Waals surface area contributed by atoms with Gasteiger partial charge >= 0.3 is 5.97 Å². The first-order chi connectivity index (χ1) is 20.3. The average molecular weight is 567 g/mol. The van der Waals surface area contributed by atoms with Gasteiger partial charge in [-0.1, -0.05) is 30.3 Å². The molecular formula is C31H24F2N6O3. The first kappa shape index (κ1) is 25.9. The Balaban J connectivity index is 1.30. The molecule has 0 saturated heterocycles. The Kier molecular flexibility index (Phi) is 6.03. The third-order valence-electron chi connectivity index (χ3n) is 8.15. The van der Waals surface area contributed by atoms with Crippen LogP contribution < -0.4 is 0 Å². The van der Waals surface area contributed by atoms with E-state index in [0.29, 0.717) is 28.9 Å². The maximum atomic E-state index is 15.3. The molecule has 5 aromatic rings. The van der Waals surface area contributed by atoms with Crippen molar-refractivity contribution in [2.24, 2.45) is 5.92 Å². The Labute approximate surface area is 238 Å². The standard InChI is InChI=1S/C31H24F2N6O3/c1-16-18-4-2-3-5-19(18)24(33)15-38(16)30(40)26-12-28(27-14-34-8-9-35-27)39-29(36-26)13-25(37-39)20-7-6-17(10-23(20)32)21-11-22(21)31(41)42/h2-10,12-14,16,21-22,24H,11,15H2,1H3,(H,41,42)/t16-,21-,22+,24-/m1/s1. The molecular weight excluding hydrogens is 542 g/mol. The van der Waals surface area contributed by atoms with Gasteiger partial charge in [0, 0.05) is 24.0 Å². The van der Waals surface area contributed by atoms with Crippen LogP contribution in [-0.2, 0) is 4.79 Å². The molecule has 4 heterocycles. The molecule has 1 aliphatic carbocycles. The first-order valence-electron chi connectivity index (χ1n) is 13.5. The Hall–Kier alpha value is -5.06. The maximum absolute atomic E-state index is 15.3. The molecule has 1 N–H and O–H groups in total. The topological polar surface area (TPSA) is 114 Å². The molecule has 11 heteroatoms. The van der Waals surface area contributed by atoms with E-state index in [4.69, 9.17) is 0 Å². The van der Waals surface area contributed by atoms with E-state index in [0.717, 1.165) is 5.56 Å². The number of amides is 1. The van der Waals surface area contributed by atoms with E-state index in [9.17, 15) is 14.7 Å². The fourth-order valence-electron chi connectivity index (χ4n) is 5.82. The number of nitrogens with zero attached hydrogens (tertiary/aromatic N) is 6. The number of hydrogen-bond acceptors (Lipinski definition) is 6. The summed E-state index contributed by atoms with van der Waals surface area (Å²) in [6.07, 6.45) is 3.69. The van der Waals surface area contributed by atoms with Crippen LogP contribution in [0.15, 0.2) is 73.2 Å². The average Bonchev–Trinajstić information content (AvgIpc) is 3.71. The lowest BCUT2D eigenvalue weighted by atomic mass is 9.92. The molecule has 2 aliphatic rings. The zero-order chi connectivity index (χ0) is 29.1. The van der Waals surface area contributed by atoms with Gasteiger partial charge in [-0.25, -0.2) is 18.3 Å². The summed E-state index contributed by atoms with van der Waals surface area (Å²) in [7, 11) is 0. The molecule has 1 saturated carbocycles. The second-order valence-corrected chi connectivity index (χ2v) is 10.7. The summed E-state index contributed by atoms with van der Waals surface area (Å²) < 4.78 is 31.9. The van der Waals surface area contributed by atoms with Crippen molar-refractivity contribution in [2.45, 2.75) is 31.5 Å². The van der Waals surface area contributed by atoms with E-state index in [1.807, 2.05) is 19.1 Å². The minimum Gasteiger partial charge on any atom is -0.481 e. The lowest BCUT2D eigenvalue weighted by molar-refractivity contribution is -0.138. The number of aromatic nitrogens is 5. The molecule has 0 bridgehead atoms. The zero-order valence-electron chi connectivity index (χ0n) is 22.4. The minimum atomic E-state index is -1.33. The smallest absolute Gasteiger partial charge is 0.307 e. The van der Waals surface area contributed by atoms with Gasteiger partial charge in [-0.3, -0.25) is 19.6 Å². The summed E-state index contributed by atoms with van der Waals surface area (Å²) in [6.45, 7) is 1.74. The van der Waals surface area contributed by atoms with Crippen LogP contribution in [0.3, 0.4) is 0 Å². The SMILES string of the molecule is C[C@@H]1c2ccccc2[C@H](F)CN1C(=O)c1cc(-c2cnccn2)n2nc(-c3ccc([C@H]4C[C@@H]4C(=O)O)cc3F)cc2n1. The van der Waals surface area contributed by atoms with Gasteiger partial charge < -0.3 is 10.0 Å². The van der Waals surface area contributed by atoms with Crippen molar-refractivity contribution < 1.29 is 23.5 Å². The highest BCUT2D eigenvalue weighted by Crippen LogP contribution is 2.48. The summed E-state index contributed by atoms with van der Waals surface area (Å²) >= 11 is 0. The molecule has 2 aromatic carbocycles. The Morgan fingerprint density at radius 2 is 1.83 bits per heavy atom. The number of halogens is 2. The van der Waals surface area contributed by atoms with Crippen LogP contribution in [0.4, 0.5) is 8.78 Å². The first-order valence-corrected chi connectivity index (χ1v) is 13.5. The van der Waals surface area contributed by atoms with E-state index in [2.05, 4.69) is 20.1 Å². The number of carbonyl (C=O) groups is 2. The lowest BCUT2D eigenvalue weighted by Gasteiger charge is -2.36. The molecule has 1 fully saturated rings. The lowest BCUT2D eigenvalue weighted by Crippen LogP contribution is -2.40. The third kappa shape index (κ3) is 4.28. The van der Waals surface area contributed by atoms with Gasteiger partial charge in [0.1, 0.15) is 23.4 Å². The van der Waals surface area contributed by atoms with Crippen LogP contribution in [0.5, 0.6) is 0 Å². The Morgan fingerprint density at radius 3 is 2.55 bits per heavy atom. The number of carbonyl (C=O) groups excluding carboxylic acids is 1. The summed E-state index contributed by atoms with van der Waals surface area (Å²) in [5.41, 5.74) is 3.58. The van der Waals surface area contributed by atoms with Crippen molar-refractivity contribution in [1.29, 1.82) is 0 Å². The maximum Gasteiger partial charge on any atom is 0.307 e. The molecule has 3 aromatic heterocycles. The second kappa shape index (κ2) is 9.79. The van der Waals surface area contributed by atoms with Gasteiger partial charge in [-0.05, 0) is 54.2 Å². The van der Waals surface area contributed by atoms with Crippen LogP contribution in [-0.4, -0.2) is 53.0 Å². The summed E-state index contributed by atoms with van der Waals surface area (Å²) in [5, 5.41) is 13.8. The molecule has 7 rings (SSSR count). The van der Waals surface area contributed by atoms with Gasteiger partial charge in [-0.15, -0.1) is 0 Å². The Bertz CT molecular complexity index is 1880. The van der Waals surface area contributed by atoms with Gasteiger partial charge in [0.15, 0.2) is 5.65 Å². The van der Waals surface area contributed by atoms with E-state index in [1.54, 1.807) is 30.3 Å². The number of benzene rings is 2. The predicted molar refractivity (Wildman–Crippen MR) is 148 cm³/mol. The summed E-state index contributed by atoms with van der Waals surface area (Å²) in [4.78, 5) is 39.6. The van der Waals surface area contributed by atoms with Crippen molar-refractivity contribution in [1.82, 2.24) is 29.5 Å². The van der Waals surface area contributed by atoms with Gasteiger partial charge in [0.05, 0.1) is 36.1 Å². The molecule has 1 aliphatic heterocycles. The Morgan fingerprint density at radius 1 is 1.02 bits per heavy atom. The predicted octanol–water partition coefficient (Wildman–Crippen LogP) is 5.41.